The second kappa shape index (κ2) is 5.12. The van der Waals surface area contributed by atoms with E-state index in [2.05, 4.69) is 20.3 Å². The molecule has 2 aromatic heterocycles. The molecule has 1 aromatic carbocycles. The maximum Gasteiger partial charge on any atom is 0.224 e. The number of nitrogens with zero attached hydrogens (tertiary/aromatic N) is 5. The quantitative estimate of drug-likeness (QED) is 0.751. The largest absolute Gasteiger partial charge is 0.351 e. The highest BCUT2D eigenvalue weighted by atomic mass is 15.2. The van der Waals surface area contributed by atoms with E-state index in [9.17, 15) is 0 Å². The van der Waals surface area contributed by atoms with E-state index in [0.717, 1.165) is 34.3 Å². The lowest BCUT2D eigenvalue weighted by Crippen LogP contribution is -2.59. The molecule has 6 heteroatoms. The van der Waals surface area contributed by atoms with Crippen LogP contribution in [0.15, 0.2) is 41.8 Å². The molecule has 3 aliphatic rings. The zero-order chi connectivity index (χ0) is 16.1. The van der Waals surface area contributed by atoms with E-state index in [1.54, 1.807) is 13.3 Å². The van der Waals surface area contributed by atoms with Crippen molar-refractivity contribution in [2.75, 3.05) is 12.4 Å². The van der Waals surface area contributed by atoms with Crippen LogP contribution in [-0.4, -0.2) is 38.8 Å². The van der Waals surface area contributed by atoms with E-state index in [0.29, 0.717) is 12.0 Å². The van der Waals surface area contributed by atoms with Crippen LogP contribution in [0.4, 0.5) is 5.95 Å². The van der Waals surface area contributed by atoms with Crippen LogP contribution in [0.3, 0.4) is 0 Å². The second-order valence-electron chi connectivity index (χ2n) is 6.62. The van der Waals surface area contributed by atoms with Gasteiger partial charge in [-0.25, -0.2) is 9.97 Å². The van der Waals surface area contributed by atoms with Crippen LogP contribution in [0.1, 0.15) is 18.4 Å². The summed E-state index contributed by atoms with van der Waals surface area (Å²) in [7, 11) is 1.75. The molecule has 3 fully saturated rings. The number of aliphatic imine (C=N–C) groups is 1. The van der Waals surface area contributed by atoms with Crippen LogP contribution >= 0.6 is 0 Å². The fourth-order valence-corrected chi connectivity index (χ4v) is 3.68. The van der Waals surface area contributed by atoms with Gasteiger partial charge in [-0.05, 0) is 36.8 Å². The standard InChI is InChI=1S/C18H18N6/c1-19-8-13-9-20-18(22-16-11-6-12(16)7-11)23-17(13)24-10-21-14-4-2-3-5-15(14)24/h2-5,8-12,16H,6-7H2,1H3,(H,20,22,23)/b19-8+. The Labute approximate surface area is 139 Å². The maximum atomic E-state index is 4.77. The lowest BCUT2D eigenvalue weighted by Gasteiger charge is -2.58. The smallest absolute Gasteiger partial charge is 0.224 e. The highest BCUT2D eigenvalue weighted by Gasteiger charge is 2.52. The molecule has 0 radical (unpaired) electrons. The molecule has 0 saturated heterocycles. The molecular weight excluding hydrogens is 300 g/mol. The molecule has 0 atom stereocenters. The summed E-state index contributed by atoms with van der Waals surface area (Å²) < 4.78 is 2.00. The molecule has 6 nitrogen and oxygen atoms in total. The number of nitrogens with one attached hydrogen (secondary N) is 1. The zero-order valence-corrected chi connectivity index (χ0v) is 13.4. The highest BCUT2D eigenvalue weighted by Crippen LogP contribution is 2.54. The Kier molecular flexibility index (Phi) is 2.92. The molecule has 0 amide bonds. The Morgan fingerprint density at radius 2 is 2.04 bits per heavy atom. The molecular formula is C18H18N6. The Morgan fingerprint density at radius 3 is 2.79 bits per heavy atom. The summed E-state index contributed by atoms with van der Waals surface area (Å²) in [5.41, 5.74) is 2.86. The molecule has 24 heavy (non-hydrogen) atoms. The summed E-state index contributed by atoms with van der Waals surface area (Å²) in [6.07, 6.45) is 8.14. The van der Waals surface area contributed by atoms with Gasteiger partial charge < -0.3 is 5.32 Å². The van der Waals surface area contributed by atoms with Crippen molar-refractivity contribution in [1.82, 2.24) is 19.5 Å². The number of benzene rings is 1. The fraction of sp³-hybridized carbons (Fsp3) is 0.333. The zero-order valence-electron chi connectivity index (χ0n) is 13.4. The molecule has 3 saturated carbocycles. The van der Waals surface area contributed by atoms with Crippen LogP contribution in [-0.2, 0) is 0 Å². The summed E-state index contributed by atoms with van der Waals surface area (Å²) in [4.78, 5) is 17.9. The number of fused-ring (bicyclic) bond motifs is 1. The summed E-state index contributed by atoms with van der Waals surface area (Å²) in [6.45, 7) is 0. The molecule has 0 spiro atoms. The van der Waals surface area contributed by atoms with Gasteiger partial charge in [-0.1, -0.05) is 12.1 Å². The maximum absolute atomic E-state index is 4.77. The van der Waals surface area contributed by atoms with Gasteiger partial charge in [0.2, 0.25) is 5.95 Å². The monoisotopic (exact) mass is 318 g/mol. The minimum atomic E-state index is 0.558. The van der Waals surface area contributed by atoms with E-state index in [4.69, 9.17) is 4.98 Å². The van der Waals surface area contributed by atoms with Crippen molar-refractivity contribution in [3.05, 3.63) is 42.4 Å². The highest BCUT2D eigenvalue weighted by molar-refractivity contribution is 5.86. The Balaban J connectivity index is 1.58. The van der Waals surface area contributed by atoms with Crippen LogP contribution in [0.5, 0.6) is 0 Å². The lowest BCUT2D eigenvalue weighted by atomic mass is 9.52. The molecule has 0 aliphatic heterocycles. The van der Waals surface area contributed by atoms with Crippen molar-refractivity contribution >= 4 is 23.2 Å². The lowest BCUT2D eigenvalue weighted by molar-refractivity contribution is -0.00435. The number of hydrogen-bond donors (Lipinski definition) is 1. The molecule has 6 rings (SSSR count). The topological polar surface area (TPSA) is 68.0 Å². The van der Waals surface area contributed by atoms with Crippen molar-refractivity contribution < 1.29 is 0 Å². The number of rotatable bonds is 4. The molecule has 3 aromatic rings. The van der Waals surface area contributed by atoms with Gasteiger partial charge in [0.05, 0.1) is 16.6 Å². The SMILES string of the molecule is C/N=C/c1cnc(NC2C3CC2C3)nc1-n1cnc2ccccc21. The normalized spacial score (nSPS) is 24.8. The third-order valence-electron chi connectivity index (χ3n) is 5.27. The van der Waals surface area contributed by atoms with Crippen molar-refractivity contribution in [3.63, 3.8) is 0 Å². The third-order valence-corrected chi connectivity index (χ3v) is 5.27. The van der Waals surface area contributed by atoms with Gasteiger partial charge in [-0.2, -0.15) is 4.98 Å². The van der Waals surface area contributed by atoms with Crippen LogP contribution in [0, 0.1) is 11.8 Å². The summed E-state index contributed by atoms with van der Waals surface area (Å²) in [6, 6.07) is 8.61. The van der Waals surface area contributed by atoms with E-state index in [1.165, 1.54) is 12.8 Å². The van der Waals surface area contributed by atoms with E-state index in [-0.39, 0.29) is 0 Å². The predicted molar refractivity (Wildman–Crippen MR) is 93.8 cm³/mol. The minimum Gasteiger partial charge on any atom is -0.351 e. The van der Waals surface area contributed by atoms with Gasteiger partial charge in [-0.15, -0.1) is 0 Å². The van der Waals surface area contributed by atoms with Crippen molar-refractivity contribution in [2.45, 2.75) is 18.9 Å². The predicted octanol–water partition coefficient (Wildman–Crippen LogP) is 2.68. The average Bonchev–Trinajstić information content (AvgIpc) is 2.96. The first-order chi connectivity index (χ1) is 11.8. The number of hydrogen-bond acceptors (Lipinski definition) is 5. The van der Waals surface area contributed by atoms with Crippen LogP contribution in [0.2, 0.25) is 0 Å². The molecule has 1 N–H and O–H groups in total. The molecule has 2 bridgehead atoms. The van der Waals surface area contributed by atoms with E-state index < -0.39 is 0 Å². The Bertz CT molecular complexity index is 930. The Morgan fingerprint density at radius 1 is 1.21 bits per heavy atom. The first-order valence-corrected chi connectivity index (χ1v) is 8.31. The molecule has 120 valence electrons. The van der Waals surface area contributed by atoms with Gasteiger partial charge in [0.25, 0.3) is 0 Å². The van der Waals surface area contributed by atoms with Gasteiger partial charge >= 0.3 is 0 Å². The second-order valence-corrected chi connectivity index (χ2v) is 6.62. The minimum absolute atomic E-state index is 0.558. The first kappa shape index (κ1) is 13.7. The number of aromatic nitrogens is 4. The summed E-state index contributed by atoms with van der Waals surface area (Å²) >= 11 is 0. The van der Waals surface area contributed by atoms with Crippen molar-refractivity contribution in [2.24, 2.45) is 16.8 Å². The number of anilines is 1. The van der Waals surface area contributed by atoms with Gasteiger partial charge in [0, 0.05) is 25.5 Å². The average molecular weight is 318 g/mol. The number of para-hydroxylation sites is 2. The molecule has 0 unspecified atom stereocenters. The first-order valence-electron chi connectivity index (χ1n) is 8.31. The number of imidazole rings is 1. The Hall–Kier alpha value is -2.76. The molecule has 3 aliphatic carbocycles. The third kappa shape index (κ3) is 1.95. The van der Waals surface area contributed by atoms with Gasteiger partial charge in [0.15, 0.2) is 5.82 Å². The fourth-order valence-electron chi connectivity index (χ4n) is 3.68. The summed E-state index contributed by atoms with van der Waals surface area (Å²) in [5, 5.41) is 3.50. The summed E-state index contributed by atoms with van der Waals surface area (Å²) in [5.74, 6) is 3.12. The van der Waals surface area contributed by atoms with E-state index in [1.807, 2.05) is 41.4 Å². The van der Waals surface area contributed by atoms with Crippen LogP contribution in [0.25, 0.3) is 16.9 Å². The van der Waals surface area contributed by atoms with Crippen LogP contribution < -0.4 is 5.32 Å². The van der Waals surface area contributed by atoms with Gasteiger partial charge in [0.1, 0.15) is 6.33 Å². The van der Waals surface area contributed by atoms with Crippen molar-refractivity contribution in [1.29, 1.82) is 0 Å². The van der Waals surface area contributed by atoms with Crippen molar-refractivity contribution in [3.8, 4) is 5.82 Å². The molecule has 2 heterocycles. The van der Waals surface area contributed by atoms with E-state index >= 15 is 0 Å². The van der Waals surface area contributed by atoms with Gasteiger partial charge in [-0.3, -0.25) is 9.56 Å².